The van der Waals surface area contributed by atoms with Gasteiger partial charge in [0.1, 0.15) is 0 Å². The summed E-state index contributed by atoms with van der Waals surface area (Å²) in [6.07, 6.45) is 4.97. The van der Waals surface area contributed by atoms with E-state index in [2.05, 4.69) is 41.7 Å². The van der Waals surface area contributed by atoms with Crippen LogP contribution in [-0.2, 0) is 6.42 Å². The molecule has 1 saturated carbocycles. The van der Waals surface area contributed by atoms with Gasteiger partial charge in [0.2, 0.25) is 0 Å². The highest BCUT2D eigenvalue weighted by molar-refractivity contribution is 6.31. The molecule has 110 valence electrons. The summed E-state index contributed by atoms with van der Waals surface area (Å²) in [5.74, 6) is 0.753. The molecule has 0 bridgehead atoms. The zero-order chi connectivity index (χ0) is 14.7. The molecule has 21 heavy (non-hydrogen) atoms. The smallest absolute Gasteiger partial charge is 0.0438 e. The number of hydrogen-bond donors (Lipinski definition) is 1. The molecule has 1 N–H and O–H groups in total. The molecule has 0 radical (unpaired) electrons. The van der Waals surface area contributed by atoms with Gasteiger partial charge in [-0.05, 0) is 55.0 Å². The van der Waals surface area contributed by atoms with E-state index in [1.54, 1.807) is 0 Å². The Kier molecular flexibility index (Phi) is 4.62. The number of halogens is 1. The Labute approximate surface area is 132 Å². The van der Waals surface area contributed by atoms with Crippen LogP contribution in [0.1, 0.15) is 47.9 Å². The minimum Gasteiger partial charge on any atom is -0.313 e. The summed E-state index contributed by atoms with van der Waals surface area (Å²) < 4.78 is 0. The first kappa shape index (κ1) is 14.6. The molecule has 1 nitrogen and oxygen atoms in total. The maximum Gasteiger partial charge on any atom is 0.0438 e. The Morgan fingerprint density at radius 3 is 2.48 bits per heavy atom. The predicted molar refractivity (Wildman–Crippen MR) is 90.0 cm³/mol. The van der Waals surface area contributed by atoms with Gasteiger partial charge in [0.15, 0.2) is 0 Å². The maximum atomic E-state index is 6.33. The molecule has 1 aliphatic rings. The monoisotopic (exact) mass is 299 g/mol. The first-order valence-corrected chi connectivity index (χ1v) is 8.17. The quantitative estimate of drug-likeness (QED) is 0.809. The van der Waals surface area contributed by atoms with Crippen molar-refractivity contribution in [1.82, 2.24) is 5.32 Å². The summed E-state index contributed by atoms with van der Waals surface area (Å²) >= 11 is 6.33. The molecular formula is C19H22ClN. The fraction of sp³-hybridized carbons (Fsp3) is 0.368. The highest BCUT2D eigenvalue weighted by Crippen LogP contribution is 2.40. The molecule has 1 unspecified atom stereocenters. The first-order valence-electron chi connectivity index (χ1n) is 7.79. The van der Waals surface area contributed by atoms with Crippen LogP contribution >= 0.6 is 11.6 Å². The number of rotatable bonds is 5. The van der Waals surface area contributed by atoms with E-state index in [9.17, 15) is 0 Å². The van der Waals surface area contributed by atoms with E-state index in [4.69, 9.17) is 11.6 Å². The van der Waals surface area contributed by atoms with E-state index < -0.39 is 0 Å². The topological polar surface area (TPSA) is 12.0 Å². The Morgan fingerprint density at radius 1 is 1.10 bits per heavy atom. The predicted octanol–water partition coefficient (Wildman–Crippen LogP) is 5.11. The summed E-state index contributed by atoms with van der Waals surface area (Å²) in [6, 6.07) is 17.4. The molecule has 1 fully saturated rings. The van der Waals surface area contributed by atoms with Crippen molar-refractivity contribution in [1.29, 1.82) is 0 Å². The lowest BCUT2D eigenvalue weighted by atomic mass is 9.76. The summed E-state index contributed by atoms with van der Waals surface area (Å²) in [4.78, 5) is 0. The minimum atomic E-state index is 0.321. The minimum absolute atomic E-state index is 0.321. The molecule has 0 amide bonds. The van der Waals surface area contributed by atoms with Crippen LogP contribution in [0.2, 0.25) is 5.02 Å². The Morgan fingerprint density at radius 2 is 1.81 bits per heavy atom. The maximum absolute atomic E-state index is 6.33. The molecule has 0 heterocycles. The molecule has 0 aromatic heterocycles. The summed E-state index contributed by atoms with van der Waals surface area (Å²) in [5.41, 5.74) is 4.17. The lowest BCUT2D eigenvalue weighted by Gasteiger charge is -2.30. The lowest BCUT2D eigenvalue weighted by Crippen LogP contribution is -2.22. The fourth-order valence-corrected chi connectivity index (χ4v) is 3.38. The third-order valence-corrected chi connectivity index (χ3v) is 5.02. The van der Waals surface area contributed by atoms with E-state index in [0.29, 0.717) is 6.04 Å². The van der Waals surface area contributed by atoms with Gasteiger partial charge in [0.05, 0.1) is 0 Å². The highest BCUT2D eigenvalue weighted by Gasteiger charge is 2.24. The Hall–Kier alpha value is -1.31. The van der Waals surface area contributed by atoms with Crippen LogP contribution < -0.4 is 5.32 Å². The lowest BCUT2D eigenvalue weighted by molar-refractivity contribution is 0.412. The highest BCUT2D eigenvalue weighted by atomic mass is 35.5. The van der Waals surface area contributed by atoms with Crippen molar-refractivity contribution in [3.05, 3.63) is 70.2 Å². The van der Waals surface area contributed by atoms with Crippen LogP contribution in [0.3, 0.4) is 0 Å². The van der Waals surface area contributed by atoms with Gasteiger partial charge in [-0.25, -0.2) is 0 Å². The standard InChI is InChI=1S/C19H22ClN/c1-21-19(13-15-7-2-5-12-18(15)20)17-11-4-3-10-16(17)14-8-6-9-14/h2-5,7,10-12,14,19,21H,6,8-9,13H2,1H3. The molecule has 0 aliphatic heterocycles. The SMILES string of the molecule is CNC(Cc1ccccc1Cl)c1ccccc1C1CCC1. The van der Waals surface area contributed by atoms with Gasteiger partial charge >= 0.3 is 0 Å². The van der Waals surface area contributed by atoms with Crippen molar-refractivity contribution in [3.8, 4) is 0 Å². The second kappa shape index (κ2) is 6.64. The second-order valence-corrected chi connectivity index (χ2v) is 6.30. The van der Waals surface area contributed by atoms with Crippen molar-refractivity contribution in [3.63, 3.8) is 0 Å². The van der Waals surface area contributed by atoms with Crippen molar-refractivity contribution in [2.24, 2.45) is 0 Å². The van der Waals surface area contributed by atoms with E-state index in [1.165, 1.54) is 36.0 Å². The van der Waals surface area contributed by atoms with Gasteiger partial charge in [-0.2, -0.15) is 0 Å². The van der Waals surface area contributed by atoms with E-state index >= 15 is 0 Å². The molecule has 2 heteroatoms. The zero-order valence-corrected chi connectivity index (χ0v) is 13.2. The summed E-state index contributed by atoms with van der Waals surface area (Å²) in [7, 11) is 2.04. The van der Waals surface area contributed by atoms with Crippen LogP contribution in [0.4, 0.5) is 0 Å². The largest absolute Gasteiger partial charge is 0.313 e. The Balaban J connectivity index is 1.88. The van der Waals surface area contributed by atoms with E-state index in [1.807, 2.05) is 19.2 Å². The van der Waals surface area contributed by atoms with Crippen LogP contribution in [-0.4, -0.2) is 7.05 Å². The second-order valence-electron chi connectivity index (χ2n) is 5.89. The number of nitrogens with one attached hydrogen (secondary N) is 1. The van der Waals surface area contributed by atoms with Gasteiger partial charge in [0.25, 0.3) is 0 Å². The molecule has 0 saturated heterocycles. The van der Waals surface area contributed by atoms with E-state index in [-0.39, 0.29) is 0 Å². The zero-order valence-electron chi connectivity index (χ0n) is 12.5. The first-order chi connectivity index (χ1) is 10.3. The third-order valence-electron chi connectivity index (χ3n) is 4.65. The Bertz CT molecular complexity index is 604. The van der Waals surface area contributed by atoms with Gasteiger partial charge in [-0.15, -0.1) is 0 Å². The van der Waals surface area contributed by atoms with Crippen LogP contribution in [0.5, 0.6) is 0 Å². The average molecular weight is 300 g/mol. The van der Waals surface area contributed by atoms with Crippen molar-refractivity contribution in [2.75, 3.05) is 7.05 Å². The molecule has 2 aromatic carbocycles. The summed E-state index contributed by atoms with van der Waals surface area (Å²) in [5, 5.41) is 4.34. The third kappa shape index (κ3) is 3.14. The summed E-state index contributed by atoms with van der Waals surface area (Å²) in [6.45, 7) is 0. The number of hydrogen-bond acceptors (Lipinski definition) is 1. The fourth-order valence-electron chi connectivity index (χ4n) is 3.17. The van der Waals surface area contributed by atoms with Gasteiger partial charge in [-0.3, -0.25) is 0 Å². The molecule has 1 atom stereocenters. The van der Waals surface area contributed by atoms with E-state index in [0.717, 1.165) is 17.4 Å². The molecule has 0 spiro atoms. The average Bonchev–Trinajstić information content (AvgIpc) is 2.46. The van der Waals surface area contributed by atoms with Crippen molar-refractivity contribution >= 4 is 11.6 Å². The number of likely N-dealkylation sites (N-methyl/N-ethyl adjacent to an activating group) is 1. The molecular weight excluding hydrogens is 278 g/mol. The van der Waals surface area contributed by atoms with Crippen molar-refractivity contribution < 1.29 is 0 Å². The molecule has 3 rings (SSSR count). The van der Waals surface area contributed by atoms with Gasteiger partial charge in [0, 0.05) is 11.1 Å². The molecule has 2 aromatic rings. The van der Waals surface area contributed by atoms with Gasteiger partial charge in [-0.1, -0.05) is 60.5 Å². The van der Waals surface area contributed by atoms with Crippen LogP contribution in [0.25, 0.3) is 0 Å². The van der Waals surface area contributed by atoms with Crippen LogP contribution in [0.15, 0.2) is 48.5 Å². The number of benzene rings is 2. The van der Waals surface area contributed by atoms with Crippen LogP contribution in [0, 0.1) is 0 Å². The molecule has 1 aliphatic carbocycles. The normalized spacial score (nSPS) is 16.5. The van der Waals surface area contributed by atoms with Gasteiger partial charge < -0.3 is 5.32 Å². The van der Waals surface area contributed by atoms with Crippen molar-refractivity contribution in [2.45, 2.75) is 37.6 Å².